The van der Waals surface area contributed by atoms with E-state index in [1.165, 1.54) is 22.8 Å². The second-order valence-corrected chi connectivity index (χ2v) is 2.93. The summed E-state index contributed by atoms with van der Waals surface area (Å²) in [7, 11) is 0. The first-order valence-electron chi connectivity index (χ1n) is 3.08. The van der Waals surface area contributed by atoms with Crippen LogP contribution in [0.3, 0.4) is 0 Å². The third-order valence-electron chi connectivity index (χ3n) is 1.36. The minimum atomic E-state index is -1.58. The molecule has 0 aliphatic rings. The van der Waals surface area contributed by atoms with Crippen molar-refractivity contribution in [3.63, 3.8) is 0 Å². The Balaban J connectivity index is 0.00000144. The minimum absolute atomic E-state index is 0. The van der Waals surface area contributed by atoms with Gasteiger partial charge < -0.3 is 15.0 Å². The van der Waals surface area contributed by atoms with E-state index in [1.54, 1.807) is 5.38 Å². The monoisotopic (exact) mass is 208 g/mol. The van der Waals surface area contributed by atoms with E-state index in [4.69, 9.17) is 5.11 Å². The molecule has 13 heavy (non-hydrogen) atoms. The average molecular weight is 208 g/mol. The Kier molecular flexibility index (Phi) is 5.24. The van der Waals surface area contributed by atoms with Crippen LogP contribution in [0.1, 0.15) is 11.5 Å². The van der Waals surface area contributed by atoms with Crippen LogP contribution in [0.2, 0.25) is 0 Å². The Hall–Kier alpha value is -0.360. The van der Waals surface area contributed by atoms with Crippen LogP contribution in [-0.4, -0.2) is 17.0 Å². The first kappa shape index (κ1) is 12.6. The normalized spacial score (nSPS) is 11.4. The summed E-state index contributed by atoms with van der Waals surface area (Å²) < 4.78 is 0. The molecule has 0 amide bonds. The molecule has 0 aromatic carbocycles. The first-order chi connectivity index (χ1) is 5.63. The summed E-state index contributed by atoms with van der Waals surface area (Å²) in [4.78, 5) is 20.8. The zero-order chi connectivity index (χ0) is 9.14. The molecule has 1 aromatic heterocycles. The Morgan fingerprint density at radius 2 is 2.15 bits per heavy atom. The number of carbonyl (C=O) groups excluding carboxylic acids is 1. The van der Waals surface area contributed by atoms with Gasteiger partial charge >= 0.3 is 35.5 Å². The van der Waals surface area contributed by atoms with Crippen molar-refractivity contribution in [1.29, 1.82) is 0 Å². The summed E-state index contributed by atoms with van der Waals surface area (Å²) >= 11 is 1.25. The van der Waals surface area contributed by atoms with Gasteiger partial charge in [-0.1, -0.05) is 0 Å². The Morgan fingerprint density at radius 1 is 1.54 bits per heavy atom. The van der Waals surface area contributed by atoms with Gasteiger partial charge in [-0.25, -0.2) is 0 Å². The first-order valence-corrected chi connectivity index (χ1v) is 4.03. The van der Waals surface area contributed by atoms with Gasteiger partial charge in [-0.05, 0) is 22.4 Å². The van der Waals surface area contributed by atoms with Crippen LogP contribution >= 0.6 is 11.3 Å². The van der Waals surface area contributed by atoms with Crippen molar-refractivity contribution in [2.24, 2.45) is 0 Å². The molecule has 1 atom stereocenters. The van der Waals surface area contributed by atoms with Crippen LogP contribution < -0.4 is 34.7 Å². The third kappa shape index (κ3) is 3.11. The fourth-order valence-corrected chi connectivity index (χ4v) is 1.50. The van der Waals surface area contributed by atoms with Gasteiger partial charge in [0.05, 0.1) is 5.97 Å². The van der Waals surface area contributed by atoms with Crippen molar-refractivity contribution in [3.8, 4) is 0 Å². The topological polar surface area (TPSA) is 77.4 Å². The van der Waals surface area contributed by atoms with Gasteiger partial charge in [0, 0.05) is 0 Å². The number of hydrogen-bond donors (Lipinski definition) is 1. The van der Waals surface area contributed by atoms with Gasteiger partial charge in [-0.3, -0.25) is 4.79 Å². The summed E-state index contributed by atoms with van der Waals surface area (Å²) in [6.07, 6.45) is 0. The molecular weight excluding hydrogens is 203 g/mol. The van der Waals surface area contributed by atoms with Crippen LogP contribution in [0, 0.1) is 0 Å². The average Bonchev–Trinajstić information content (AvgIpc) is 2.37. The SMILES string of the molecule is O=C([O-])C(C(=O)O)c1ccsc1.[Na+]. The summed E-state index contributed by atoms with van der Waals surface area (Å²) in [6.45, 7) is 0. The predicted octanol–water partition coefficient (Wildman–Crippen LogP) is -3.33. The van der Waals surface area contributed by atoms with Gasteiger partial charge in [0.2, 0.25) is 0 Å². The molecule has 6 heteroatoms. The fraction of sp³-hybridized carbons (Fsp3) is 0.143. The molecule has 1 rings (SSSR count). The van der Waals surface area contributed by atoms with E-state index >= 15 is 0 Å². The van der Waals surface area contributed by atoms with Crippen molar-refractivity contribution in [2.45, 2.75) is 5.92 Å². The number of rotatable bonds is 3. The second kappa shape index (κ2) is 5.39. The fourth-order valence-electron chi connectivity index (χ4n) is 0.819. The minimum Gasteiger partial charge on any atom is -0.549 e. The Morgan fingerprint density at radius 3 is 2.46 bits per heavy atom. The van der Waals surface area contributed by atoms with Crippen LogP contribution in [-0.2, 0) is 9.59 Å². The quantitative estimate of drug-likeness (QED) is 0.416. The molecule has 0 bridgehead atoms. The summed E-state index contributed by atoms with van der Waals surface area (Å²) in [5.74, 6) is -4.52. The van der Waals surface area contributed by atoms with E-state index in [0.717, 1.165) is 0 Å². The number of carboxylic acid groups (broad SMARTS) is 2. The van der Waals surface area contributed by atoms with E-state index in [1.807, 2.05) is 0 Å². The van der Waals surface area contributed by atoms with E-state index < -0.39 is 17.9 Å². The van der Waals surface area contributed by atoms with Crippen molar-refractivity contribution in [3.05, 3.63) is 22.4 Å². The molecular formula is C7H5NaO4S. The molecule has 0 saturated heterocycles. The molecule has 0 saturated carbocycles. The molecule has 0 fully saturated rings. The van der Waals surface area contributed by atoms with Crippen molar-refractivity contribution >= 4 is 23.3 Å². The predicted molar refractivity (Wildman–Crippen MR) is 39.7 cm³/mol. The maximum atomic E-state index is 10.4. The van der Waals surface area contributed by atoms with Crippen LogP contribution in [0.4, 0.5) is 0 Å². The Bertz CT molecular complexity index is 281. The van der Waals surface area contributed by atoms with Gasteiger partial charge in [-0.2, -0.15) is 11.3 Å². The zero-order valence-electron chi connectivity index (χ0n) is 6.89. The second-order valence-electron chi connectivity index (χ2n) is 2.15. The Labute approximate surface area is 100 Å². The molecule has 64 valence electrons. The maximum Gasteiger partial charge on any atom is 1.00 e. The number of aliphatic carboxylic acids is 2. The molecule has 0 aliphatic carbocycles. The van der Waals surface area contributed by atoms with Crippen molar-refractivity contribution in [1.82, 2.24) is 0 Å². The summed E-state index contributed by atoms with van der Waals surface area (Å²) in [5, 5.41) is 22.0. The van der Waals surface area contributed by atoms with Gasteiger partial charge in [0.1, 0.15) is 5.92 Å². The summed E-state index contributed by atoms with van der Waals surface area (Å²) in [5.41, 5.74) is 0.257. The molecule has 4 nitrogen and oxygen atoms in total. The number of carbonyl (C=O) groups is 2. The van der Waals surface area contributed by atoms with Crippen LogP contribution in [0.15, 0.2) is 16.8 Å². The maximum absolute atomic E-state index is 10.4. The standard InChI is InChI=1S/C7H6O4S.Na/c8-6(9)5(7(10)11)4-1-2-12-3-4;/h1-3,5H,(H,8,9)(H,10,11);/q;+1/p-1. The van der Waals surface area contributed by atoms with Crippen LogP contribution in [0.25, 0.3) is 0 Å². The third-order valence-corrected chi connectivity index (χ3v) is 2.06. The van der Waals surface area contributed by atoms with Gasteiger partial charge in [0.25, 0.3) is 0 Å². The number of thiophene rings is 1. The molecule has 0 aliphatic heterocycles. The molecule has 1 N–H and O–H groups in total. The largest absolute Gasteiger partial charge is 1.00 e. The molecule has 1 heterocycles. The van der Waals surface area contributed by atoms with E-state index in [9.17, 15) is 14.7 Å². The molecule has 0 radical (unpaired) electrons. The zero-order valence-corrected chi connectivity index (χ0v) is 9.71. The van der Waals surface area contributed by atoms with Gasteiger partial charge in [0.15, 0.2) is 0 Å². The molecule has 0 spiro atoms. The van der Waals surface area contributed by atoms with Gasteiger partial charge in [-0.15, -0.1) is 0 Å². The van der Waals surface area contributed by atoms with Crippen molar-refractivity contribution in [2.75, 3.05) is 0 Å². The number of carboxylic acids is 2. The number of hydrogen-bond acceptors (Lipinski definition) is 4. The smallest absolute Gasteiger partial charge is 0.549 e. The van der Waals surface area contributed by atoms with E-state index in [0.29, 0.717) is 0 Å². The van der Waals surface area contributed by atoms with E-state index in [-0.39, 0.29) is 35.1 Å². The molecule has 1 aromatic rings. The van der Waals surface area contributed by atoms with E-state index in [2.05, 4.69) is 0 Å². The summed E-state index contributed by atoms with van der Waals surface area (Å²) in [6, 6.07) is 1.46. The molecule has 1 unspecified atom stereocenters. The van der Waals surface area contributed by atoms with Crippen LogP contribution in [0.5, 0.6) is 0 Å². The van der Waals surface area contributed by atoms with Crippen molar-refractivity contribution < 1.29 is 49.4 Å².